The lowest BCUT2D eigenvalue weighted by atomic mass is 10.2. The fourth-order valence-electron chi connectivity index (χ4n) is 3.50. The molecule has 3 aliphatic rings. The molecule has 0 spiro atoms. The molecule has 0 bridgehead atoms. The average molecular weight is 380 g/mol. The first-order valence-electron chi connectivity index (χ1n) is 8.81. The SMILES string of the molecule is O=C(C1CSCN1C(=O)C1CC1)N1CCN(c2cccc(Cl)c2)CC1. The zero-order valence-electron chi connectivity index (χ0n) is 14.1. The first kappa shape index (κ1) is 17.0. The van der Waals surface area contributed by atoms with Crippen LogP contribution in [0.1, 0.15) is 12.8 Å². The van der Waals surface area contributed by atoms with Crippen LogP contribution in [0.25, 0.3) is 0 Å². The van der Waals surface area contributed by atoms with E-state index in [9.17, 15) is 9.59 Å². The maximum absolute atomic E-state index is 12.9. The van der Waals surface area contributed by atoms with Crippen molar-refractivity contribution in [3.8, 4) is 0 Å². The van der Waals surface area contributed by atoms with Crippen molar-refractivity contribution in [1.82, 2.24) is 9.80 Å². The third kappa shape index (κ3) is 3.60. The molecule has 0 radical (unpaired) electrons. The number of anilines is 1. The summed E-state index contributed by atoms with van der Waals surface area (Å²) >= 11 is 7.76. The third-order valence-electron chi connectivity index (χ3n) is 5.14. The highest BCUT2D eigenvalue weighted by Gasteiger charge is 2.42. The van der Waals surface area contributed by atoms with Crippen LogP contribution in [-0.4, -0.2) is 65.5 Å². The van der Waals surface area contributed by atoms with Gasteiger partial charge in [0.25, 0.3) is 0 Å². The monoisotopic (exact) mass is 379 g/mol. The van der Waals surface area contributed by atoms with Crippen LogP contribution < -0.4 is 4.90 Å². The molecule has 0 aromatic heterocycles. The van der Waals surface area contributed by atoms with Crippen LogP contribution in [-0.2, 0) is 9.59 Å². The Morgan fingerprint density at radius 2 is 1.84 bits per heavy atom. The zero-order valence-corrected chi connectivity index (χ0v) is 15.6. The van der Waals surface area contributed by atoms with Crippen molar-refractivity contribution in [2.45, 2.75) is 18.9 Å². The third-order valence-corrected chi connectivity index (χ3v) is 6.39. The number of thioether (sulfide) groups is 1. The van der Waals surface area contributed by atoms with Gasteiger partial charge >= 0.3 is 0 Å². The molecule has 2 aliphatic heterocycles. The zero-order chi connectivity index (χ0) is 17.4. The number of hydrogen-bond donors (Lipinski definition) is 0. The number of amides is 2. The van der Waals surface area contributed by atoms with E-state index in [-0.39, 0.29) is 23.8 Å². The molecule has 1 saturated carbocycles. The summed E-state index contributed by atoms with van der Waals surface area (Å²) in [6, 6.07) is 7.56. The number of halogens is 1. The van der Waals surface area contributed by atoms with Crippen LogP contribution in [0.15, 0.2) is 24.3 Å². The quantitative estimate of drug-likeness (QED) is 0.808. The van der Waals surface area contributed by atoms with Gasteiger partial charge in [0.15, 0.2) is 0 Å². The first-order valence-corrected chi connectivity index (χ1v) is 10.3. The molecule has 7 heteroatoms. The van der Waals surface area contributed by atoms with E-state index in [1.165, 1.54) is 0 Å². The van der Waals surface area contributed by atoms with E-state index in [2.05, 4.69) is 4.90 Å². The standard InChI is InChI=1S/C18H22ClN3O2S/c19-14-2-1-3-15(10-14)20-6-8-21(9-7-20)18(24)16-11-25-12-22(16)17(23)13-4-5-13/h1-3,10,13,16H,4-9,11-12H2. The molecule has 1 atom stereocenters. The predicted molar refractivity (Wildman–Crippen MR) is 101 cm³/mol. The van der Waals surface area contributed by atoms with Crippen LogP contribution in [0.3, 0.4) is 0 Å². The number of hydrogen-bond acceptors (Lipinski definition) is 4. The molecule has 2 saturated heterocycles. The van der Waals surface area contributed by atoms with Crippen molar-refractivity contribution in [1.29, 1.82) is 0 Å². The number of piperazine rings is 1. The van der Waals surface area contributed by atoms with E-state index >= 15 is 0 Å². The molecule has 5 nitrogen and oxygen atoms in total. The summed E-state index contributed by atoms with van der Waals surface area (Å²) in [5.41, 5.74) is 1.10. The van der Waals surface area contributed by atoms with Crippen molar-refractivity contribution in [3.63, 3.8) is 0 Å². The lowest BCUT2D eigenvalue weighted by Gasteiger charge is -2.38. The molecule has 1 aromatic rings. The number of benzene rings is 1. The molecule has 0 N–H and O–H groups in total. The normalized spacial score (nSPS) is 23.9. The van der Waals surface area contributed by atoms with Crippen LogP contribution in [0, 0.1) is 5.92 Å². The average Bonchev–Trinajstić information content (AvgIpc) is 3.37. The van der Waals surface area contributed by atoms with E-state index in [0.717, 1.165) is 42.4 Å². The molecule has 2 heterocycles. The van der Waals surface area contributed by atoms with Crippen LogP contribution in [0.4, 0.5) is 5.69 Å². The Hall–Kier alpha value is -1.40. The summed E-state index contributed by atoms with van der Waals surface area (Å²) in [5.74, 6) is 1.86. The van der Waals surface area contributed by atoms with Crippen LogP contribution in [0.2, 0.25) is 5.02 Å². The summed E-state index contributed by atoms with van der Waals surface area (Å²) in [6.07, 6.45) is 1.97. The van der Waals surface area contributed by atoms with Gasteiger partial charge in [0.05, 0.1) is 5.88 Å². The second-order valence-electron chi connectivity index (χ2n) is 6.89. The Kier molecular flexibility index (Phi) is 4.82. The van der Waals surface area contributed by atoms with E-state index in [1.807, 2.05) is 34.1 Å². The summed E-state index contributed by atoms with van der Waals surface area (Å²) < 4.78 is 0. The smallest absolute Gasteiger partial charge is 0.246 e. The van der Waals surface area contributed by atoms with Crippen molar-refractivity contribution in [3.05, 3.63) is 29.3 Å². The molecule has 3 fully saturated rings. The van der Waals surface area contributed by atoms with Gasteiger partial charge in [0.2, 0.25) is 11.8 Å². The molecule has 25 heavy (non-hydrogen) atoms. The summed E-state index contributed by atoms with van der Waals surface area (Å²) in [4.78, 5) is 31.3. The Balaban J connectivity index is 1.37. The molecular formula is C18H22ClN3O2S. The highest BCUT2D eigenvalue weighted by Crippen LogP contribution is 2.35. The Morgan fingerprint density at radius 1 is 1.08 bits per heavy atom. The fourth-order valence-corrected chi connectivity index (χ4v) is 4.84. The number of nitrogens with zero attached hydrogens (tertiary/aromatic N) is 3. The van der Waals surface area contributed by atoms with E-state index < -0.39 is 0 Å². The van der Waals surface area contributed by atoms with Crippen LogP contribution in [0.5, 0.6) is 0 Å². The van der Waals surface area contributed by atoms with Gasteiger partial charge in [-0.3, -0.25) is 9.59 Å². The highest BCUT2D eigenvalue weighted by atomic mass is 35.5. The maximum Gasteiger partial charge on any atom is 0.246 e. The van der Waals surface area contributed by atoms with Crippen molar-refractivity contribution in [2.75, 3.05) is 42.7 Å². The number of rotatable bonds is 3. The van der Waals surface area contributed by atoms with E-state index in [0.29, 0.717) is 19.0 Å². The molecule has 4 rings (SSSR count). The Morgan fingerprint density at radius 3 is 2.52 bits per heavy atom. The molecule has 1 aromatic carbocycles. The van der Waals surface area contributed by atoms with Gasteiger partial charge in [-0.2, -0.15) is 0 Å². The summed E-state index contributed by atoms with van der Waals surface area (Å²) in [7, 11) is 0. The minimum Gasteiger partial charge on any atom is -0.368 e. The Bertz CT molecular complexity index is 674. The largest absolute Gasteiger partial charge is 0.368 e. The first-order chi connectivity index (χ1) is 12.1. The lowest BCUT2D eigenvalue weighted by molar-refractivity contribution is -0.144. The molecule has 1 unspecified atom stereocenters. The van der Waals surface area contributed by atoms with Crippen molar-refractivity contribution < 1.29 is 9.59 Å². The summed E-state index contributed by atoms with van der Waals surface area (Å²) in [6.45, 7) is 2.97. The van der Waals surface area contributed by atoms with E-state index in [1.54, 1.807) is 11.8 Å². The van der Waals surface area contributed by atoms with Crippen molar-refractivity contribution >= 4 is 40.9 Å². The summed E-state index contributed by atoms with van der Waals surface area (Å²) in [5, 5.41) is 0.730. The molecule has 1 aliphatic carbocycles. The maximum atomic E-state index is 12.9. The molecular weight excluding hydrogens is 358 g/mol. The second kappa shape index (κ2) is 7.08. The molecule has 2 amide bonds. The highest BCUT2D eigenvalue weighted by molar-refractivity contribution is 7.99. The Labute approximate surface area is 157 Å². The van der Waals surface area contributed by atoms with E-state index in [4.69, 9.17) is 11.6 Å². The van der Waals surface area contributed by atoms with Gasteiger partial charge in [-0.05, 0) is 31.0 Å². The number of carbonyl (C=O) groups is 2. The van der Waals surface area contributed by atoms with Gasteiger partial charge in [0.1, 0.15) is 6.04 Å². The van der Waals surface area contributed by atoms with Crippen molar-refractivity contribution in [2.24, 2.45) is 5.92 Å². The van der Waals surface area contributed by atoms with Gasteiger partial charge in [-0.15, -0.1) is 11.8 Å². The van der Waals surface area contributed by atoms with Gasteiger partial charge in [0, 0.05) is 48.6 Å². The lowest BCUT2D eigenvalue weighted by Crippen LogP contribution is -2.55. The van der Waals surface area contributed by atoms with Gasteiger partial charge in [-0.1, -0.05) is 17.7 Å². The minimum absolute atomic E-state index is 0.116. The van der Waals surface area contributed by atoms with Gasteiger partial charge in [-0.25, -0.2) is 0 Å². The van der Waals surface area contributed by atoms with Gasteiger partial charge < -0.3 is 14.7 Å². The molecule has 134 valence electrons. The second-order valence-corrected chi connectivity index (χ2v) is 8.33. The topological polar surface area (TPSA) is 43.9 Å². The predicted octanol–water partition coefficient (Wildman–Crippen LogP) is 2.30. The number of carbonyl (C=O) groups excluding carboxylic acids is 2. The van der Waals surface area contributed by atoms with Crippen LogP contribution >= 0.6 is 23.4 Å². The fraction of sp³-hybridized carbons (Fsp3) is 0.556. The minimum atomic E-state index is -0.268.